The molecule has 1 N–H and O–H groups in total. The van der Waals surface area contributed by atoms with Gasteiger partial charge >= 0.3 is 0 Å². The van der Waals surface area contributed by atoms with Crippen molar-refractivity contribution < 1.29 is 4.39 Å². The molecule has 0 radical (unpaired) electrons. The van der Waals surface area contributed by atoms with Crippen LogP contribution in [0.15, 0.2) is 42.5 Å². The summed E-state index contributed by atoms with van der Waals surface area (Å²) in [5, 5.41) is 8.82. The van der Waals surface area contributed by atoms with E-state index in [2.05, 4.69) is 62.8 Å². The second-order valence-corrected chi connectivity index (χ2v) is 10.2. The summed E-state index contributed by atoms with van der Waals surface area (Å²) in [6.45, 7) is 7.47. The fourth-order valence-electron chi connectivity index (χ4n) is 5.29. The van der Waals surface area contributed by atoms with Crippen LogP contribution < -0.4 is 4.31 Å². The number of rotatable bonds is 4. The van der Waals surface area contributed by atoms with Gasteiger partial charge in [-0.25, -0.2) is 8.70 Å². The van der Waals surface area contributed by atoms with Crippen molar-refractivity contribution in [2.24, 2.45) is 0 Å². The summed E-state index contributed by atoms with van der Waals surface area (Å²) in [6, 6.07) is 14.1. The maximum atomic E-state index is 13.9. The lowest BCUT2D eigenvalue weighted by Gasteiger charge is -2.47. The fraction of sp³-hybridized carbons (Fsp3) is 0.458. The van der Waals surface area contributed by atoms with Gasteiger partial charge in [0.25, 0.3) is 0 Å². The van der Waals surface area contributed by atoms with E-state index in [1.165, 1.54) is 22.7 Å². The monoisotopic (exact) mass is 439 g/mol. The molecule has 164 valence electrons. The third-order valence-corrected chi connectivity index (χ3v) is 7.98. The Labute approximate surface area is 187 Å². The predicted octanol–water partition coefficient (Wildman–Crippen LogP) is 5.00. The zero-order valence-corrected chi connectivity index (χ0v) is 19.3. The first kappa shape index (κ1) is 20.8. The van der Waals surface area contributed by atoms with E-state index in [-0.39, 0.29) is 11.4 Å². The molecule has 2 aliphatic rings. The number of H-pyrrole nitrogens is 1. The summed E-state index contributed by atoms with van der Waals surface area (Å²) in [5.41, 5.74) is 4.59. The van der Waals surface area contributed by atoms with Gasteiger partial charge in [0.2, 0.25) is 0 Å². The Morgan fingerprint density at radius 3 is 2.90 bits per heavy atom. The standard InChI is InChI=1S/C24H30FN5S/c1-4-22-21-12-18(8-9-23(21)27-26-22)15-29-11-10-24(14-17(29)2)16-28(3)31-30(24)20-7-5-6-19(25)13-20/h5-9,12-13,17H,4,10-11,14-16H2,1-3H3,(H,26,27). The van der Waals surface area contributed by atoms with Gasteiger partial charge in [-0.05, 0) is 69.1 Å². The number of aromatic nitrogens is 2. The van der Waals surface area contributed by atoms with E-state index in [9.17, 15) is 4.39 Å². The molecular weight excluding hydrogens is 409 g/mol. The number of likely N-dealkylation sites (N-methyl/N-ethyl adjacent to an activating group) is 1. The molecule has 2 fully saturated rings. The fourth-order valence-corrected chi connectivity index (χ4v) is 6.47. The van der Waals surface area contributed by atoms with E-state index in [1.807, 2.05) is 12.1 Å². The number of hydrogen-bond donors (Lipinski definition) is 1. The van der Waals surface area contributed by atoms with Crippen molar-refractivity contribution in [3.8, 4) is 0 Å². The summed E-state index contributed by atoms with van der Waals surface area (Å²) in [6.07, 6.45) is 3.10. The molecule has 0 bridgehead atoms. The number of halogens is 1. The van der Waals surface area contributed by atoms with Crippen molar-refractivity contribution in [3.05, 3.63) is 59.5 Å². The van der Waals surface area contributed by atoms with Crippen LogP contribution in [0.1, 0.15) is 37.9 Å². The molecule has 2 atom stereocenters. The second-order valence-electron chi connectivity index (χ2n) is 9.05. The molecule has 2 aromatic carbocycles. The lowest BCUT2D eigenvalue weighted by Crippen LogP contribution is -2.56. The summed E-state index contributed by atoms with van der Waals surface area (Å²) >= 11 is 1.72. The van der Waals surface area contributed by atoms with Crippen LogP contribution in [0.25, 0.3) is 10.9 Å². The van der Waals surface area contributed by atoms with Crippen LogP contribution in [0.5, 0.6) is 0 Å². The van der Waals surface area contributed by atoms with Crippen molar-refractivity contribution in [1.82, 2.24) is 19.4 Å². The van der Waals surface area contributed by atoms with Gasteiger partial charge < -0.3 is 0 Å². The Morgan fingerprint density at radius 1 is 1.26 bits per heavy atom. The highest BCUT2D eigenvalue weighted by Crippen LogP contribution is 2.46. The molecule has 2 saturated heterocycles. The molecule has 1 aromatic heterocycles. The quantitative estimate of drug-likeness (QED) is 0.579. The summed E-state index contributed by atoms with van der Waals surface area (Å²) < 4.78 is 18.6. The molecule has 5 nitrogen and oxygen atoms in total. The minimum Gasteiger partial charge on any atom is -0.296 e. The number of piperidine rings is 1. The zero-order chi connectivity index (χ0) is 21.6. The molecule has 3 heterocycles. The highest BCUT2D eigenvalue weighted by Gasteiger charge is 2.48. The minimum atomic E-state index is -0.172. The Bertz CT molecular complexity index is 1080. The molecule has 31 heavy (non-hydrogen) atoms. The minimum absolute atomic E-state index is 0.0347. The van der Waals surface area contributed by atoms with Crippen LogP contribution in [0.4, 0.5) is 10.1 Å². The second kappa shape index (κ2) is 8.11. The molecule has 0 amide bonds. The van der Waals surface area contributed by atoms with Crippen LogP contribution in [0.3, 0.4) is 0 Å². The molecule has 3 aromatic rings. The number of benzene rings is 2. The highest BCUT2D eigenvalue weighted by molar-refractivity contribution is 7.98. The molecule has 5 rings (SSSR count). The van der Waals surface area contributed by atoms with Gasteiger partial charge in [0.15, 0.2) is 0 Å². The molecule has 1 spiro atoms. The zero-order valence-electron chi connectivity index (χ0n) is 18.4. The number of aryl methyl sites for hydroxylation is 1. The van der Waals surface area contributed by atoms with Gasteiger partial charge in [0.1, 0.15) is 5.82 Å². The van der Waals surface area contributed by atoms with Crippen molar-refractivity contribution in [2.45, 2.75) is 51.2 Å². The first-order valence-corrected chi connectivity index (χ1v) is 11.9. The molecule has 0 aliphatic carbocycles. The van der Waals surface area contributed by atoms with E-state index in [0.717, 1.165) is 50.1 Å². The number of nitrogens with one attached hydrogen (secondary N) is 1. The van der Waals surface area contributed by atoms with Crippen LogP contribution in [0, 0.1) is 5.82 Å². The lowest BCUT2D eigenvalue weighted by molar-refractivity contribution is 0.100. The number of aromatic amines is 1. The van der Waals surface area contributed by atoms with E-state index in [1.54, 1.807) is 18.2 Å². The highest BCUT2D eigenvalue weighted by atomic mass is 32.2. The maximum Gasteiger partial charge on any atom is 0.125 e. The van der Waals surface area contributed by atoms with Gasteiger partial charge in [-0.3, -0.25) is 14.3 Å². The molecule has 0 saturated carbocycles. The summed E-state index contributed by atoms with van der Waals surface area (Å²) in [4.78, 5) is 2.59. The van der Waals surface area contributed by atoms with Gasteiger partial charge in [-0.1, -0.05) is 19.1 Å². The van der Waals surface area contributed by atoms with Gasteiger partial charge in [0, 0.05) is 48.9 Å². The molecule has 7 heteroatoms. The van der Waals surface area contributed by atoms with E-state index >= 15 is 0 Å². The number of anilines is 1. The van der Waals surface area contributed by atoms with Crippen molar-refractivity contribution in [1.29, 1.82) is 0 Å². The summed E-state index contributed by atoms with van der Waals surface area (Å²) in [5.74, 6) is -0.172. The Morgan fingerprint density at radius 2 is 2.13 bits per heavy atom. The SMILES string of the molecule is CCc1[nH]nc2ccc(CN3CCC4(CC3C)CN(C)SN4c3cccc(F)c3)cc12. The van der Waals surface area contributed by atoms with Gasteiger partial charge in [0.05, 0.1) is 16.7 Å². The lowest BCUT2D eigenvalue weighted by atomic mass is 9.82. The number of nitrogens with zero attached hydrogens (tertiary/aromatic N) is 4. The Kier molecular flexibility index (Phi) is 5.44. The number of hydrogen-bond acceptors (Lipinski definition) is 5. The van der Waals surface area contributed by atoms with Crippen molar-refractivity contribution in [2.75, 3.05) is 24.4 Å². The number of likely N-dealkylation sites (tertiary alicyclic amines) is 1. The normalized spacial score (nSPS) is 25.2. The van der Waals surface area contributed by atoms with Crippen LogP contribution in [0.2, 0.25) is 0 Å². The first-order chi connectivity index (χ1) is 15.0. The first-order valence-electron chi connectivity index (χ1n) is 11.1. The van der Waals surface area contributed by atoms with E-state index in [0.29, 0.717) is 6.04 Å². The van der Waals surface area contributed by atoms with Crippen LogP contribution in [-0.4, -0.2) is 51.1 Å². The molecule has 2 aliphatic heterocycles. The number of fused-ring (bicyclic) bond motifs is 1. The predicted molar refractivity (Wildman–Crippen MR) is 126 cm³/mol. The van der Waals surface area contributed by atoms with Crippen molar-refractivity contribution >= 4 is 28.7 Å². The van der Waals surface area contributed by atoms with Crippen molar-refractivity contribution in [3.63, 3.8) is 0 Å². The Balaban J connectivity index is 1.35. The third kappa shape index (κ3) is 3.83. The van der Waals surface area contributed by atoms with Crippen LogP contribution >= 0.6 is 12.1 Å². The van der Waals surface area contributed by atoms with Gasteiger partial charge in [-0.15, -0.1) is 0 Å². The average molecular weight is 440 g/mol. The van der Waals surface area contributed by atoms with E-state index in [4.69, 9.17) is 0 Å². The average Bonchev–Trinajstić information content (AvgIpc) is 3.30. The maximum absolute atomic E-state index is 13.9. The third-order valence-electron chi connectivity index (χ3n) is 6.81. The largest absolute Gasteiger partial charge is 0.296 e. The van der Waals surface area contributed by atoms with E-state index < -0.39 is 0 Å². The smallest absolute Gasteiger partial charge is 0.125 e. The van der Waals surface area contributed by atoms with Crippen LogP contribution in [-0.2, 0) is 13.0 Å². The van der Waals surface area contributed by atoms with Gasteiger partial charge in [-0.2, -0.15) is 5.10 Å². The molecule has 2 unspecified atom stereocenters. The summed E-state index contributed by atoms with van der Waals surface area (Å²) in [7, 11) is 2.13. The Hall–Kier alpha value is -2.09. The topological polar surface area (TPSA) is 38.4 Å². The molecular formula is C24H30FN5S.